The fourth-order valence-corrected chi connectivity index (χ4v) is 4.37. The minimum absolute atomic E-state index is 0.174. The first-order valence-corrected chi connectivity index (χ1v) is 10.7. The Bertz CT molecular complexity index is 1230. The summed E-state index contributed by atoms with van der Waals surface area (Å²) < 4.78 is 16.8. The molecule has 0 bridgehead atoms. The highest BCUT2D eigenvalue weighted by atomic mass is 32.1. The molecule has 10 heteroatoms. The zero-order chi connectivity index (χ0) is 23.4. The maximum Gasteiger partial charge on any atom is 0.341 e. The number of nitrogens with zero attached hydrogens (tertiary/aromatic N) is 2. The van der Waals surface area contributed by atoms with Gasteiger partial charge >= 0.3 is 5.97 Å². The summed E-state index contributed by atoms with van der Waals surface area (Å²) in [4.78, 5) is 42.6. The van der Waals surface area contributed by atoms with E-state index >= 15 is 0 Å². The standard InChI is InChI=1S/C22H25N3O6S/c1-12-13(2)32-20(19(12)22(28)31-5)24-18(26)7-6-8-25-11-23-15-10-17(30-4)16(29-3)9-14(15)21(25)27/h9-11H,6-8H2,1-5H3,(H,24,26). The fourth-order valence-electron chi connectivity index (χ4n) is 3.31. The molecular weight excluding hydrogens is 434 g/mol. The van der Waals surface area contributed by atoms with Crippen LogP contribution in [0.3, 0.4) is 0 Å². The maximum absolute atomic E-state index is 12.8. The van der Waals surface area contributed by atoms with E-state index in [-0.39, 0.29) is 17.9 Å². The summed E-state index contributed by atoms with van der Waals surface area (Å²) in [7, 11) is 4.32. The van der Waals surface area contributed by atoms with Crippen molar-refractivity contribution >= 4 is 39.1 Å². The molecule has 32 heavy (non-hydrogen) atoms. The number of nitrogens with one attached hydrogen (secondary N) is 1. The van der Waals surface area contributed by atoms with E-state index in [1.807, 2.05) is 13.8 Å². The molecular formula is C22H25N3O6S. The average molecular weight is 460 g/mol. The minimum Gasteiger partial charge on any atom is -0.493 e. The molecule has 2 aromatic heterocycles. The quantitative estimate of drug-likeness (QED) is 0.515. The smallest absolute Gasteiger partial charge is 0.341 e. The van der Waals surface area contributed by atoms with E-state index in [2.05, 4.69) is 10.3 Å². The maximum atomic E-state index is 12.8. The monoisotopic (exact) mass is 459 g/mol. The zero-order valence-electron chi connectivity index (χ0n) is 18.6. The molecule has 0 saturated heterocycles. The Balaban J connectivity index is 1.70. The van der Waals surface area contributed by atoms with Crippen molar-refractivity contribution in [3.8, 4) is 11.5 Å². The molecule has 1 N–H and O–H groups in total. The summed E-state index contributed by atoms with van der Waals surface area (Å²) in [5, 5.41) is 3.67. The molecule has 0 aliphatic heterocycles. The van der Waals surface area contributed by atoms with Gasteiger partial charge in [-0.3, -0.25) is 14.2 Å². The molecule has 0 aliphatic carbocycles. The number of fused-ring (bicyclic) bond motifs is 1. The number of aryl methyl sites for hydroxylation is 2. The highest BCUT2D eigenvalue weighted by molar-refractivity contribution is 7.16. The number of esters is 1. The number of rotatable bonds is 8. The molecule has 1 aromatic carbocycles. The first-order chi connectivity index (χ1) is 15.3. The van der Waals surface area contributed by atoms with Gasteiger partial charge in [-0.05, 0) is 31.9 Å². The van der Waals surface area contributed by atoms with E-state index in [9.17, 15) is 14.4 Å². The molecule has 9 nitrogen and oxygen atoms in total. The Morgan fingerprint density at radius 3 is 2.47 bits per heavy atom. The highest BCUT2D eigenvalue weighted by Gasteiger charge is 2.21. The van der Waals surface area contributed by atoms with Crippen molar-refractivity contribution in [3.63, 3.8) is 0 Å². The molecule has 2 heterocycles. The average Bonchev–Trinajstić information content (AvgIpc) is 3.06. The van der Waals surface area contributed by atoms with E-state index in [4.69, 9.17) is 14.2 Å². The van der Waals surface area contributed by atoms with Crippen molar-refractivity contribution in [1.29, 1.82) is 0 Å². The minimum atomic E-state index is -0.483. The second kappa shape index (κ2) is 9.82. The van der Waals surface area contributed by atoms with Crippen LogP contribution in [0.5, 0.6) is 11.5 Å². The van der Waals surface area contributed by atoms with Gasteiger partial charge in [0.1, 0.15) is 5.00 Å². The predicted molar refractivity (Wildman–Crippen MR) is 122 cm³/mol. The Hall–Kier alpha value is -3.40. The lowest BCUT2D eigenvalue weighted by Crippen LogP contribution is -2.22. The van der Waals surface area contributed by atoms with Crippen LogP contribution in [0.1, 0.15) is 33.6 Å². The molecule has 0 atom stereocenters. The third-order valence-electron chi connectivity index (χ3n) is 5.16. The topological polar surface area (TPSA) is 109 Å². The molecule has 0 spiro atoms. The molecule has 0 aliphatic rings. The Labute approximate surface area is 188 Å². The van der Waals surface area contributed by atoms with Crippen LogP contribution in [-0.2, 0) is 16.1 Å². The van der Waals surface area contributed by atoms with Crippen molar-refractivity contribution in [2.45, 2.75) is 33.2 Å². The van der Waals surface area contributed by atoms with Crippen molar-refractivity contribution in [1.82, 2.24) is 9.55 Å². The van der Waals surface area contributed by atoms with E-state index in [0.29, 0.717) is 45.9 Å². The fraction of sp³-hybridized carbons (Fsp3) is 0.364. The first kappa shape index (κ1) is 23.3. The van der Waals surface area contributed by atoms with E-state index in [1.54, 1.807) is 12.1 Å². The number of hydrogen-bond donors (Lipinski definition) is 1. The van der Waals surface area contributed by atoms with Gasteiger partial charge in [0, 0.05) is 23.9 Å². The van der Waals surface area contributed by atoms with E-state index in [0.717, 1.165) is 10.4 Å². The van der Waals surface area contributed by atoms with Gasteiger partial charge in [0.2, 0.25) is 5.91 Å². The van der Waals surface area contributed by atoms with Gasteiger partial charge in [-0.15, -0.1) is 11.3 Å². The van der Waals surface area contributed by atoms with Gasteiger partial charge in [-0.25, -0.2) is 9.78 Å². The SMILES string of the molecule is COC(=O)c1c(NC(=O)CCCn2cnc3cc(OC)c(OC)cc3c2=O)sc(C)c1C. The van der Waals surface area contributed by atoms with E-state index in [1.165, 1.54) is 43.6 Å². The number of anilines is 1. The number of aromatic nitrogens is 2. The van der Waals surface area contributed by atoms with Crippen molar-refractivity contribution in [2.24, 2.45) is 0 Å². The summed E-state index contributed by atoms with van der Waals surface area (Å²) in [6, 6.07) is 3.25. The van der Waals surface area contributed by atoms with Crippen LogP contribution >= 0.6 is 11.3 Å². The van der Waals surface area contributed by atoms with E-state index < -0.39 is 5.97 Å². The first-order valence-electron chi connectivity index (χ1n) is 9.90. The number of amides is 1. The molecule has 0 radical (unpaired) electrons. The second-order valence-electron chi connectivity index (χ2n) is 7.10. The Morgan fingerprint density at radius 2 is 1.81 bits per heavy atom. The van der Waals surface area contributed by atoms with Gasteiger partial charge in [0.15, 0.2) is 11.5 Å². The predicted octanol–water partition coefficient (Wildman–Crippen LogP) is 3.30. The third-order valence-corrected chi connectivity index (χ3v) is 6.28. The normalized spacial score (nSPS) is 10.8. The second-order valence-corrected chi connectivity index (χ2v) is 8.32. The van der Waals surface area contributed by atoms with Crippen LogP contribution in [0, 0.1) is 13.8 Å². The van der Waals surface area contributed by atoms with Crippen LogP contribution in [-0.4, -0.2) is 42.8 Å². The van der Waals surface area contributed by atoms with Gasteiger partial charge in [0.25, 0.3) is 5.56 Å². The van der Waals surface area contributed by atoms with Gasteiger partial charge in [-0.2, -0.15) is 0 Å². The Kier molecular flexibility index (Phi) is 7.14. The molecule has 0 saturated carbocycles. The molecule has 3 aromatic rings. The van der Waals surface area contributed by atoms with Crippen LogP contribution in [0.2, 0.25) is 0 Å². The number of hydrogen-bond acceptors (Lipinski definition) is 8. The number of thiophene rings is 1. The summed E-state index contributed by atoms with van der Waals surface area (Å²) in [5.41, 5.74) is 1.44. The zero-order valence-corrected chi connectivity index (χ0v) is 19.4. The number of ether oxygens (including phenoxy) is 3. The highest BCUT2D eigenvalue weighted by Crippen LogP contribution is 2.33. The summed E-state index contributed by atoms with van der Waals surface area (Å²) in [6.45, 7) is 4.01. The Morgan fingerprint density at radius 1 is 1.12 bits per heavy atom. The number of carbonyl (C=O) groups is 2. The lowest BCUT2D eigenvalue weighted by molar-refractivity contribution is -0.116. The lowest BCUT2D eigenvalue weighted by Gasteiger charge is -2.10. The van der Waals surface area contributed by atoms with Crippen LogP contribution in [0.15, 0.2) is 23.3 Å². The summed E-state index contributed by atoms with van der Waals surface area (Å²) in [6.07, 6.45) is 2.05. The largest absolute Gasteiger partial charge is 0.493 e. The van der Waals surface area contributed by atoms with Crippen molar-refractivity contribution in [3.05, 3.63) is 44.8 Å². The van der Waals surface area contributed by atoms with Crippen LogP contribution in [0.25, 0.3) is 10.9 Å². The van der Waals surface area contributed by atoms with Crippen molar-refractivity contribution in [2.75, 3.05) is 26.6 Å². The molecule has 3 rings (SSSR count). The summed E-state index contributed by atoms with van der Waals surface area (Å²) in [5.74, 6) is 0.207. The number of methoxy groups -OCH3 is 3. The lowest BCUT2D eigenvalue weighted by atomic mass is 10.1. The van der Waals surface area contributed by atoms with Crippen LogP contribution in [0.4, 0.5) is 5.00 Å². The van der Waals surface area contributed by atoms with Gasteiger partial charge < -0.3 is 19.5 Å². The molecule has 0 unspecified atom stereocenters. The molecule has 1 amide bonds. The third kappa shape index (κ3) is 4.59. The van der Waals surface area contributed by atoms with Crippen LogP contribution < -0.4 is 20.3 Å². The van der Waals surface area contributed by atoms with Crippen molar-refractivity contribution < 1.29 is 23.8 Å². The summed E-state index contributed by atoms with van der Waals surface area (Å²) >= 11 is 1.33. The number of benzene rings is 1. The molecule has 170 valence electrons. The number of carbonyl (C=O) groups excluding carboxylic acids is 2. The molecule has 0 fully saturated rings. The van der Waals surface area contributed by atoms with Gasteiger partial charge in [-0.1, -0.05) is 0 Å². The van der Waals surface area contributed by atoms with Gasteiger partial charge in [0.05, 0.1) is 44.1 Å².